The Kier molecular flexibility index (Phi) is 5.75. The summed E-state index contributed by atoms with van der Waals surface area (Å²) in [7, 11) is -3.44. The number of benzene rings is 2. The molecule has 0 saturated carbocycles. The van der Waals surface area contributed by atoms with E-state index in [2.05, 4.69) is 28.5 Å². The van der Waals surface area contributed by atoms with E-state index in [0.717, 1.165) is 24.1 Å². The maximum atomic E-state index is 12.7. The van der Waals surface area contributed by atoms with Crippen LogP contribution in [0.1, 0.15) is 48.2 Å². The molecule has 156 valence electrons. The minimum absolute atomic E-state index is 0.152. The highest BCUT2D eigenvalue weighted by molar-refractivity contribution is 7.92. The first-order chi connectivity index (χ1) is 14.3. The number of hydrogen-bond donors (Lipinski definition) is 1. The van der Waals surface area contributed by atoms with Crippen molar-refractivity contribution in [2.75, 3.05) is 5.32 Å². The Morgan fingerprint density at radius 1 is 1.07 bits per heavy atom. The van der Waals surface area contributed by atoms with Crippen molar-refractivity contribution in [3.8, 4) is 11.3 Å². The summed E-state index contributed by atoms with van der Waals surface area (Å²) in [5.41, 5.74) is 4.99. The molecule has 1 aliphatic carbocycles. The molecule has 1 N–H and O–H groups in total. The fourth-order valence-corrected chi connectivity index (χ4v) is 5.43. The first-order valence-electron chi connectivity index (χ1n) is 10.1. The summed E-state index contributed by atoms with van der Waals surface area (Å²) in [5, 5.41) is 4.67. The van der Waals surface area contributed by atoms with Crippen LogP contribution in [0.4, 0.5) is 5.13 Å². The molecular weight excluding hydrogens is 416 g/mol. The third-order valence-electron chi connectivity index (χ3n) is 5.41. The van der Waals surface area contributed by atoms with Crippen molar-refractivity contribution in [2.24, 2.45) is 0 Å². The largest absolute Gasteiger partial charge is 0.298 e. The van der Waals surface area contributed by atoms with Crippen LogP contribution >= 0.6 is 11.3 Å². The minimum Gasteiger partial charge on any atom is -0.298 e. The number of nitrogens with one attached hydrogen (secondary N) is 1. The lowest BCUT2D eigenvalue weighted by molar-refractivity contribution is 0.102. The van der Waals surface area contributed by atoms with Gasteiger partial charge in [-0.15, -0.1) is 11.3 Å². The number of aromatic nitrogens is 1. The number of anilines is 1. The lowest BCUT2D eigenvalue weighted by Crippen LogP contribution is -2.16. The van der Waals surface area contributed by atoms with Crippen LogP contribution in [-0.2, 0) is 22.7 Å². The fraction of sp³-hybridized carbons (Fsp3) is 0.304. The van der Waals surface area contributed by atoms with Gasteiger partial charge in [-0.1, -0.05) is 18.2 Å². The predicted octanol–water partition coefficient (Wildman–Crippen LogP) is 5.12. The molecule has 2 aromatic carbocycles. The number of amides is 1. The second-order valence-electron chi connectivity index (χ2n) is 7.80. The zero-order valence-electron chi connectivity index (χ0n) is 17.0. The Morgan fingerprint density at radius 2 is 1.83 bits per heavy atom. The maximum Gasteiger partial charge on any atom is 0.257 e. The Bertz CT molecular complexity index is 1200. The van der Waals surface area contributed by atoms with Crippen molar-refractivity contribution in [3.05, 3.63) is 64.5 Å². The third kappa shape index (κ3) is 4.18. The van der Waals surface area contributed by atoms with Crippen LogP contribution in [-0.4, -0.2) is 24.6 Å². The van der Waals surface area contributed by atoms with Crippen molar-refractivity contribution < 1.29 is 13.2 Å². The van der Waals surface area contributed by atoms with Crippen LogP contribution in [0.25, 0.3) is 11.3 Å². The van der Waals surface area contributed by atoms with Crippen molar-refractivity contribution in [1.82, 2.24) is 4.98 Å². The maximum absolute atomic E-state index is 12.7. The number of carbonyl (C=O) groups excluding carboxylic acids is 1. The summed E-state index contributed by atoms with van der Waals surface area (Å²) in [6, 6.07) is 12.6. The number of thiazole rings is 1. The summed E-state index contributed by atoms with van der Waals surface area (Å²) in [6.45, 7) is 3.25. The van der Waals surface area contributed by atoms with Crippen molar-refractivity contribution in [2.45, 2.75) is 49.7 Å². The second-order valence-corrected chi connectivity index (χ2v) is 11.2. The number of hydrogen-bond acceptors (Lipinski definition) is 5. The molecule has 1 heterocycles. The highest BCUT2D eigenvalue weighted by Crippen LogP contribution is 2.30. The van der Waals surface area contributed by atoms with E-state index < -0.39 is 15.1 Å². The molecule has 1 amide bonds. The summed E-state index contributed by atoms with van der Waals surface area (Å²) in [4.78, 5) is 17.4. The predicted molar refractivity (Wildman–Crippen MR) is 121 cm³/mol. The lowest BCUT2D eigenvalue weighted by Gasteiger charge is -2.16. The van der Waals surface area contributed by atoms with Gasteiger partial charge < -0.3 is 0 Å². The van der Waals surface area contributed by atoms with Crippen LogP contribution in [0.5, 0.6) is 0 Å². The number of nitrogens with zero attached hydrogens (tertiary/aromatic N) is 1. The van der Waals surface area contributed by atoms with Crippen molar-refractivity contribution in [3.63, 3.8) is 0 Å². The fourth-order valence-electron chi connectivity index (χ4n) is 3.61. The zero-order chi connectivity index (χ0) is 21.3. The van der Waals surface area contributed by atoms with Gasteiger partial charge in [0.1, 0.15) is 0 Å². The summed E-state index contributed by atoms with van der Waals surface area (Å²) >= 11 is 1.36. The SMILES string of the molecule is CC(C)S(=O)(=O)c1cccc(C(=O)Nc2nc(-c3ccc4c(c3)CCCC4)cs2)c1. The van der Waals surface area contributed by atoms with Gasteiger partial charge in [-0.3, -0.25) is 10.1 Å². The van der Waals surface area contributed by atoms with Crippen molar-refractivity contribution >= 4 is 32.2 Å². The summed E-state index contributed by atoms with van der Waals surface area (Å²) < 4.78 is 24.8. The minimum atomic E-state index is -3.44. The number of rotatable bonds is 5. The lowest BCUT2D eigenvalue weighted by atomic mass is 9.90. The van der Waals surface area contributed by atoms with Crippen LogP contribution < -0.4 is 5.32 Å². The number of aryl methyl sites for hydroxylation is 2. The molecule has 4 rings (SSSR count). The molecule has 5 nitrogen and oxygen atoms in total. The molecule has 0 unspecified atom stereocenters. The average molecular weight is 441 g/mol. The molecule has 0 spiro atoms. The highest BCUT2D eigenvalue weighted by atomic mass is 32.2. The Labute approximate surface area is 181 Å². The first kappa shape index (κ1) is 20.8. The summed E-state index contributed by atoms with van der Waals surface area (Å²) in [6.07, 6.45) is 4.71. The molecule has 0 aliphatic heterocycles. The van der Waals surface area contributed by atoms with E-state index in [1.54, 1.807) is 26.0 Å². The van der Waals surface area contributed by atoms with Crippen LogP contribution in [0, 0.1) is 0 Å². The third-order valence-corrected chi connectivity index (χ3v) is 8.32. The molecule has 3 aromatic rings. The van der Waals surface area contributed by atoms with Gasteiger partial charge in [0.05, 0.1) is 15.8 Å². The van der Waals surface area contributed by atoms with Gasteiger partial charge in [-0.25, -0.2) is 13.4 Å². The van der Waals surface area contributed by atoms with E-state index >= 15 is 0 Å². The second kappa shape index (κ2) is 8.32. The van der Waals surface area contributed by atoms with E-state index in [1.165, 1.54) is 47.4 Å². The first-order valence-corrected chi connectivity index (χ1v) is 12.5. The topological polar surface area (TPSA) is 76.1 Å². The van der Waals surface area contributed by atoms with Crippen LogP contribution in [0.2, 0.25) is 0 Å². The molecule has 0 atom stereocenters. The van der Waals surface area contributed by atoms with Gasteiger partial charge in [0.2, 0.25) is 0 Å². The molecule has 0 radical (unpaired) electrons. The molecule has 0 fully saturated rings. The zero-order valence-corrected chi connectivity index (χ0v) is 18.6. The van der Waals surface area contributed by atoms with Gasteiger partial charge in [0.15, 0.2) is 15.0 Å². The van der Waals surface area contributed by atoms with Gasteiger partial charge in [0.25, 0.3) is 5.91 Å². The molecule has 1 aliphatic rings. The van der Waals surface area contributed by atoms with E-state index in [1.807, 2.05) is 5.38 Å². The number of sulfone groups is 1. The quantitative estimate of drug-likeness (QED) is 0.597. The standard InChI is InChI=1S/C23H24N2O3S2/c1-15(2)30(27,28)20-9-5-8-19(13-20)22(26)25-23-24-21(14-29-23)18-11-10-16-6-3-4-7-17(16)12-18/h5,8-15H,3-4,6-7H2,1-2H3,(H,24,25,26). The Hall–Kier alpha value is -2.51. The smallest absolute Gasteiger partial charge is 0.257 e. The Morgan fingerprint density at radius 3 is 2.60 bits per heavy atom. The number of fused-ring (bicyclic) bond motifs is 1. The molecule has 0 saturated heterocycles. The van der Waals surface area contributed by atoms with E-state index in [-0.39, 0.29) is 10.8 Å². The number of carbonyl (C=O) groups is 1. The molecule has 7 heteroatoms. The Balaban J connectivity index is 1.52. The van der Waals surface area contributed by atoms with Crippen molar-refractivity contribution in [1.29, 1.82) is 0 Å². The van der Waals surface area contributed by atoms with Gasteiger partial charge >= 0.3 is 0 Å². The molecule has 30 heavy (non-hydrogen) atoms. The van der Waals surface area contributed by atoms with Gasteiger partial charge in [0, 0.05) is 16.5 Å². The highest BCUT2D eigenvalue weighted by Gasteiger charge is 2.21. The average Bonchev–Trinajstić information content (AvgIpc) is 3.21. The summed E-state index contributed by atoms with van der Waals surface area (Å²) in [5.74, 6) is -0.373. The molecule has 1 aromatic heterocycles. The van der Waals surface area contributed by atoms with Gasteiger partial charge in [-0.2, -0.15) is 0 Å². The van der Waals surface area contributed by atoms with E-state index in [9.17, 15) is 13.2 Å². The molecule has 0 bridgehead atoms. The van der Waals surface area contributed by atoms with Crippen LogP contribution in [0.15, 0.2) is 52.7 Å². The van der Waals surface area contributed by atoms with Gasteiger partial charge in [-0.05, 0) is 74.9 Å². The normalized spacial score (nSPS) is 13.8. The molecular formula is C23H24N2O3S2. The monoisotopic (exact) mass is 440 g/mol. The van der Waals surface area contributed by atoms with E-state index in [0.29, 0.717) is 10.7 Å². The van der Waals surface area contributed by atoms with E-state index in [4.69, 9.17) is 0 Å². The van der Waals surface area contributed by atoms with Crippen LogP contribution in [0.3, 0.4) is 0 Å².